The number of carbonyl (C=O) groups excluding carboxylic acids is 1. The number of aromatic nitrogens is 1. The number of amides is 1. The number of para-hydroxylation sites is 1. The van der Waals surface area contributed by atoms with Crippen molar-refractivity contribution in [2.45, 2.75) is 19.6 Å². The maximum atomic E-state index is 14.2. The summed E-state index contributed by atoms with van der Waals surface area (Å²) in [4.78, 5) is 33.3. The predicted molar refractivity (Wildman–Crippen MR) is 191 cm³/mol. The molecule has 6 rings (SSSR count). The van der Waals surface area contributed by atoms with Crippen molar-refractivity contribution < 1.29 is 19.0 Å². The fourth-order valence-electron chi connectivity index (χ4n) is 5.31. The van der Waals surface area contributed by atoms with Crippen LogP contribution in [0.25, 0.3) is 6.08 Å². The number of ether oxygens (including phenoxy) is 3. The van der Waals surface area contributed by atoms with Gasteiger partial charge >= 0.3 is 0 Å². The lowest BCUT2D eigenvalue weighted by atomic mass is 9.95. The van der Waals surface area contributed by atoms with Crippen LogP contribution in [0.5, 0.6) is 17.2 Å². The first kappa shape index (κ1) is 32.5. The number of benzene rings is 4. The second-order valence-corrected chi connectivity index (χ2v) is 13.4. The highest BCUT2D eigenvalue weighted by atomic mass is 79.9. The predicted octanol–water partition coefficient (Wildman–Crippen LogP) is 7.00. The molecule has 4 aromatic carbocycles. The number of methoxy groups -OCH3 is 2. The van der Waals surface area contributed by atoms with Crippen molar-refractivity contribution in [3.63, 3.8) is 0 Å². The first-order valence-corrected chi connectivity index (χ1v) is 16.9. The highest BCUT2D eigenvalue weighted by Gasteiger charge is 2.33. The molecule has 0 bridgehead atoms. The van der Waals surface area contributed by atoms with Crippen molar-refractivity contribution in [1.29, 1.82) is 0 Å². The summed E-state index contributed by atoms with van der Waals surface area (Å²) in [6.07, 6.45) is 1.79. The number of carbonyl (C=O) groups is 1. The number of nitrogens with one attached hydrogen (secondary N) is 1. The van der Waals surface area contributed by atoms with Crippen LogP contribution in [0.4, 0.5) is 5.69 Å². The molecule has 1 amide bonds. The smallest absolute Gasteiger partial charge is 0.271 e. The maximum absolute atomic E-state index is 14.2. The minimum absolute atomic E-state index is 0.273. The second-order valence-electron chi connectivity index (χ2n) is 10.6. The molecule has 1 atom stereocenters. The molecule has 47 heavy (non-hydrogen) atoms. The van der Waals surface area contributed by atoms with E-state index in [2.05, 4.69) is 37.2 Å². The van der Waals surface area contributed by atoms with Crippen molar-refractivity contribution in [2.24, 2.45) is 4.99 Å². The molecule has 11 heteroatoms. The number of fused-ring (bicyclic) bond motifs is 1. The van der Waals surface area contributed by atoms with Crippen molar-refractivity contribution in [1.82, 2.24) is 4.57 Å². The average molecular weight is 776 g/mol. The van der Waals surface area contributed by atoms with Gasteiger partial charge in [0.2, 0.25) is 0 Å². The van der Waals surface area contributed by atoms with E-state index in [1.165, 1.54) is 11.3 Å². The highest BCUT2D eigenvalue weighted by Crippen LogP contribution is 2.38. The highest BCUT2D eigenvalue weighted by molar-refractivity contribution is 9.10. The topological polar surface area (TPSA) is 91.2 Å². The third-order valence-electron chi connectivity index (χ3n) is 7.55. The number of hydrogen-bond donors (Lipinski definition) is 1. The van der Waals surface area contributed by atoms with Crippen LogP contribution in [0.1, 0.15) is 29.7 Å². The Labute approximate surface area is 291 Å². The average Bonchev–Trinajstić information content (AvgIpc) is 3.37. The lowest BCUT2D eigenvalue weighted by molar-refractivity contribution is -0.113. The zero-order valence-electron chi connectivity index (χ0n) is 25.6. The van der Waals surface area contributed by atoms with Gasteiger partial charge in [0.15, 0.2) is 16.3 Å². The molecule has 1 aliphatic heterocycles. The number of allylic oxidation sites excluding steroid dienone is 1. The van der Waals surface area contributed by atoms with E-state index in [9.17, 15) is 9.59 Å². The molecular weight excluding hydrogens is 746 g/mol. The van der Waals surface area contributed by atoms with Crippen LogP contribution in [-0.2, 0) is 11.4 Å². The Balaban J connectivity index is 1.41. The van der Waals surface area contributed by atoms with E-state index in [1.807, 2.05) is 91.0 Å². The fraction of sp³-hybridized carbons (Fsp3) is 0.139. The van der Waals surface area contributed by atoms with Gasteiger partial charge in [0.1, 0.15) is 12.4 Å². The first-order valence-electron chi connectivity index (χ1n) is 14.5. The van der Waals surface area contributed by atoms with Crippen LogP contribution in [0.2, 0.25) is 0 Å². The monoisotopic (exact) mass is 773 g/mol. The molecule has 0 fully saturated rings. The first-order chi connectivity index (χ1) is 22.7. The molecule has 0 spiro atoms. The summed E-state index contributed by atoms with van der Waals surface area (Å²) < 4.78 is 21.0. The molecule has 238 valence electrons. The summed E-state index contributed by atoms with van der Waals surface area (Å²) >= 11 is 8.34. The van der Waals surface area contributed by atoms with Crippen molar-refractivity contribution in [3.05, 3.63) is 148 Å². The molecule has 0 radical (unpaired) electrons. The van der Waals surface area contributed by atoms with Crippen LogP contribution >= 0.6 is 43.2 Å². The van der Waals surface area contributed by atoms with E-state index in [0.717, 1.165) is 21.2 Å². The van der Waals surface area contributed by atoms with E-state index in [0.29, 0.717) is 54.6 Å². The Hall–Kier alpha value is -4.45. The van der Waals surface area contributed by atoms with Crippen LogP contribution in [-0.4, -0.2) is 24.7 Å². The van der Waals surface area contributed by atoms with Gasteiger partial charge in [0.25, 0.3) is 11.5 Å². The minimum atomic E-state index is -0.733. The minimum Gasteiger partial charge on any atom is -0.497 e. The molecule has 1 N–H and O–H groups in total. The van der Waals surface area contributed by atoms with Crippen LogP contribution in [0, 0.1) is 0 Å². The van der Waals surface area contributed by atoms with E-state index < -0.39 is 6.04 Å². The Bertz CT molecular complexity index is 2180. The van der Waals surface area contributed by atoms with Gasteiger partial charge < -0.3 is 19.5 Å². The number of hydrogen-bond acceptors (Lipinski definition) is 7. The molecule has 2 heterocycles. The Morgan fingerprint density at radius 1 is 0.979 bits per heavy atom. The summed E-state index contributed by atoms with van der Waals surface area (Å²) in [6.45, 7) is 2.14. The molecule has 0 saturated carbocycles. The summed E-state index contributed by atoms with van der Waals surface area (Å²) in [5, 5.41) is 2.97. The molecule has 1 aromatic heterocycles. The number of rotatable bonds is 9. The fourth-order valence-corrected chi connectivity index (χ4v) is 7.19. The zero-order chi connectivity index (χ0) is 33.1. The molecule has 5 aromatic rings. The van der Waals surface area contributed by atoms with E-state index >= 15 is 0 Å². The third-order valence-corrected chi connectivity index (χ3v) is 9.65. The summed E-state index contributed by atoms with van der Waals surface area (Å²) in [6, 6.07) is 27.4. The van der Waals surface area contributed by atoms with Gasteiger partial charge in [0, 0.05) is 10.2 Å². The van der Waals surface area contributed by atoms with E-state index in [4.69, 9.17) is 19.2 Å². The van der Waals surface area contributed by atoms with Crippen LogP contribution < -0.4 is 34.4 Å². The number of thiazole rings is 1. The van der Waals surface area contributed by atoms with Crippen LogP contribution in [0.15, 0.2) is 121 Å². The Morgan fingerprint density at radius 3 is 2.47 bits per heavy atom. The van der Waals surface area contributed by atoms with Gasteiger partial charge in [-0.1, -0.05) is 69.7 Å². The number of anilines is 1. The number of nitrogens with zero attached hydrogens (tertiary/aromatic N) is 2. The Morgan fingerprint density at radius 2 is 1.74 bits per heavy atom. The maximum Gasteiger partial charge on any atom is 0.271 e. The summed E-state index contributed by atoms with van der Waals surface area (Å²) in [7, 11) is 3.16. The lowest BCUT2D eigenvalue weighted by Gasteiger charge is -2.25. The van der Waals surface area contributed by atoms with Gasteiger partial charge in [-0.3, -0.25) is 14.2 Å². The van der Waals surface area contributed by atoms with Gasteiger partial charge in [-0.05, 0) is 94.2 Å². The lowest BCUT2D eigenvalue weighted by Crippen LogP contribution is -2.40. The quantitative estimate of drug-likeness (QED) is 0.174. The number of halogens is 2. The van der Waals surface area contributed by atoms with Gasteiger partial charge in [-0.25, -0.2) is 4.99 Å². The van der Waals surface area contributed by atoms with Crippen molar-refractivity contribution >= 4 is 60.9 Å². The van der Waals surface area contributed by atoms with Gasteiger partial charge in [-0.2, -0.15) is 0 Å². The van der Waals surface area contributed by atoms with Gasteiger partial charge in [0.05, 0.1) is 40.5 Å². The zero-order valence-corrected chi connectivity index (χ0v) is 29.6. The van der Waals surface area contributed by atoms with Gasteiger partial charge in [-0.15, -0.1) is 0 Å². The molecule has 0 saturated heterocycles. The molecule has 0 aliphatic carbocycles. The standard InChI is InChI=1S/C36H29Br2N3O5S/c1-21-31(34(42)40-26-9-5-4-6-10-26)32(24-8-7-11-27(19-24)44-2)41-35(43)30(47-36(41)39-21)18-23-16-28(38)33(29(17-23)45-3)46-20-22-12-14-25(37)15-13-22/h4-19,32H,20H2,1-3H3,(H,40,42)/b30-18-/t32-/m1/s1. The second kappa shape index (κ2) is 14.1. The summed E-state index contributed by atoms with van der Waals surface area (Å²) in [5.74, 6) is 1.34. The molecule has 0 unspecified atom stereocenters. The molecular formula is C36H29Br2N3O5S. The molecule has 8 nitrogen and oxygen atoms in total. The normalized spacial score (nSPS) is 14.3. The summed E-state index contributed by atoms with van der Waals surface area (Å²) in [5.41, 5.74) is 3.72. The van der Waals surface area contributed by atoms with E-state index in [1.54, 1.807) is 31.8 Å². The van der Waals surface area contributed by atoms with Crippen molar-refractivity contribution in [3.8, 4) is 17.2 Å². The molecule has 1 aliphatic rings. The van der Waals surface area contributed by atoms with Crippen molar-refractivity contribution in [2.75, 3.05) is 19.5 Å². The van der Waals surface area contributed by atoms with Crippen LogP contribution in [0.3, 0.4) is 0 Å². The third kappa shape index (κ3) is 6.97. The Kier molecular flexibility index (Phi) is 9.76. The van der Waals surface area contributed by atoms with E-state index in [-0.39, 0.29) is 11.5 Å². The largest absolute Gasteiger partial charge is 0.497 e. The SMILES string of the molecule is COc1cccc([C@@H]2C(C(=O)Nc3ccccc3)=C(C)N=c3s/c(=C\c4cc(Br)c(OCc5ccc(Br)cc5)c(OC)c4)c(=O)n32)c1.